The molecule has 9 nitrogen and oxygen atoms in total. The van der Waals surface area contributed by atoms with Crippen LogP contribution in [0.3, 0.4) is 0 Å². The predicted octanol–water partition coefficient (Wildman–Crippen LogP) is 4.65. The van der Waals surface area contributed by atoms with Crippen LogP contribution in [0.5, 0.6) is 5.75 Å². The van der Waals surface area contributed by atoms with Crippen LogP contribution < -0.4 is 19.9 Å². The summed E-state index contributed by atoms with van der Waals surface area (Å²) in [5.41, 5.74) is 2.10. The van der Waals surface area contributed by atoms with Crippen molar-refractivity contribution in [2.45, 2.75) is 70.4 Å². The van der Waals surface area contributed by atoms with E-state index in [2.05, 4.69) is 34.1 Å². The highest BCUT2D eigenvalue weighted by Gasteiger charge is 2.41. The van der Waals surface area contributed by atoms with E-state index in [0.29, 0.717) is 41.3 Å². The fourth-order valence-electron chi connectivity index (χ4n) is 6.18. The Labute approximate surface area is 225 Å². The summed E-state index contributed by atoms with van der Waals surface area (Å²) in [6, 6.07) is 5.61. The largest absolute Gasteiger partial charge is 0.495 e. The van der Waals surface area contributed by atoms with Crippen LogP contribution in [0.1, 0.15) is 68.6 Å². The fourth-order valence-corrected chi connectivity index (χ4v) is 6.18. The number of fused-ring (bicyclic) bond motifs is 1. The third-order valence-electron chi connectivity index (χ3n) is 8.49. The minimum atomic E-state index is -0.220. The molecule has 0 unspecified atom stereocenters. The number of nitrogens with one attached hydrogen (secondary N) is 1. The number of carbonyl (C=O) groups excluding carboxylic acids is 2. The third-order valence-corrected chi connectivity index (χ3v) is 8.49. The number of carbonyl (C=O) groups is 2. The van der Waals surface area contributed by atoms with E-state index in [1.807, 2.05) is 18.2 Å². The number of hydrogen-bond donors (Lipinski definition) is 1. The molecule has 5 rings (SSSR count). The van der Waals surface area contributed by atoms with Crippen molar-refractivity contribution in [1.29, 1.82) is 0 Å². The van der Waals surface area contributed by atoms with Gasteiger partial charge in [-0.05, 0) is 76.4 Å². The minimum Gasteiger partial charge on any atom is -0.495 e. The van der Waals surface area contributed by atoms with E-state index in [1.165, 1.54) is 12.8 Å². The van der Waals surface area contributed by atoms with Crippen molar-refractivity contribution < 1.29 is 14.3 Å². The van der Waals surface area contributed by atoms with Crippen molar-refractivity contribution in [3.63, 3.8) is 0 Å². The van der Waals surface area contributed by atoms with Gasteiger partial charge in [-0.3, -0.25) is 9.59 Å². The van der Waals surface area contributed by atoms with Gasteiger partial charge in [0.05, 0.1) is 19.0 Å². The zero-order chi connectivity index (χ0) is 26.8. The lowest BCUT2D eigenvalue weighted by Gasteiger charge is -2.43. The summed E-state index contributed by atoms with van der Waals surface area (Å²) < 4.78 is 5.65. The van der Waals surface area contributed by atoms with E-state index in [0.717, 1.165) is 56.7 Å². The van der Waals surface area contributed by atoms with E-state index < -0.39 is 0 Å². The first-order valence-corrected chi connectivity index (χ1v) is 14.0. The quantitative estimate of drug-likeness (QED) is 0.503. The molecule has 1 aromatic heterocycles. The highest BCUT2D eigenvalue weighted by Crippen LogP contribution is 2.40. The standard InChI is InChI=1S/C29H40N6O3/c1-5-23-28(37)34(3)24-18-30-29(32-27(24)35(23)21-8-6-7-9-21)31-22-11-10-20(17-26(22)38-4)25(36)16-19-12-14-33(2)15-13-19/h10-11,17-19,21,23H,5-9,12-16H2,1-4H3,(H,30,31,32)/t23-/m1/s1. The average molecular weight is 521 g/mol. The number of hydrogen-bond acceptors (Lipinski definition) is 8. The summed E-state index contributed by atoms with van der Waals surface area (Å²) in [6.45, 7) is 4.15. The summed E-state index contributed by atoms with van der Waals surface area (Å²) in [6.07, 6.45) is 9.63. The van der Waals surface area contributed by atoms with Gasteiger partial charge in [-0.15, -0.1) is 0 Å². The molecule has 0 radical (unpaired) electrons. The predicted molar refractivity (Wildman–Crippen MR) is 150 cm³/mol. The van der Waals surface area contributed by atoms with Crippen LogP contribution in [0, 0.1) is 5.92 Å². The molecule has 0 spiro atoms. The van der Waals surface area contributed by atoms with Gasteiger partial charge in [0.2, 0.25) is 11.9 Å². The number of anilines is 4. The molecule has 2 aromatic rings. The maximum absolute atomic E-state index is 13.1. The molecule has 1 atom stereocenters. The molecule has 1 saturated carbocycles. The van der Waals surface area contributed by atoms with E-state index >= 15 is 0 Å². The topological polar surface area (TPSA) is 90.9 Å². The van der Waals surface area contributed by atoms with Gasteiger partial charge in [-0.1, -0.05) is 19.8 Å². The van der Waals surface area contributed by atoms with E-state index in [-0.39, 0.29) is 17.7 Å². The van der Waals surface area contributed by atoms with Gasteiger partial charge in [0.15, 0.2) is 11.6 Å². The van der Waals surface area contributed by atoms with Crippen LogP contribution in [-0.4, -0.2) is 72.9 Å². The lowest BCUT2D eigenvalue weighted by Crippen LogP contribution is -2.55. The Bertz CT molecular complexity index is 1170. The number of ketones is 1. The Kier molecular flexibility index (Phi) is 7.83. The fraction of sp³-hybridized carbons (Fsp3) is 0.586. The molecule has 0 bridgehead atoms. The van der Waals surface area contributed by atoms with Crippen molar-refractivity contribution in [1.82, 2.24) is 14.9 Å². The van der Waals surface area contributed by atoms with Gasteiger partial charge in [-0.2, -0.15) is 4.98 Å². The number of ether oxygens (including phenoxy) is 1. The molecule has 1 aliphatic carbocycles. The van der Waals surface area contributed by atoms with Crippen LogP contribution in [0.15, 0.2) is 24.4 Å². The lowest BCUT2D eigenvalue weighted by atomic mass is 9.90. The number of Topliss-reactive ketones (excluding diaryl/α,β-unsaturated/α-hetero) is 1. The maximum Gasteiger partial charge on any atom is 0.249 e. The Hall–Kier alpha value is -3.20. The number of methoxy groups -OCH3 is 1. The summed E-state index contributed by atoms with van der Waals surface area (Å²) >= 11 is 0. The molecule has 1 aromatic carbocycles. The van der Waals surface area contributed by atoms with Crippen molar-refractivity contribution in [3.05, 3.63) is 30.0 Å². The van der Waals surface area contributed by atoms with Crippen LogP contribution >= 0.6 is 0 Å². The molecular weight excluding hydrogens is 480 g/mol. The van der Waals surface area contributed by atoms with Crippen molar-refractivity contribution in [2.75, 3.05) is 49.4 Å². The summed E-state index contributed by atoms with van der Waals surface area (Å²) in [7, 11) is 5.54. The molecule has 9 heteroatoms. The van der Waals surface area contributed by atoms with Gasteiger partial charge in [-0.25, -0.2) is 4.98 Å². The van der Waals surface area contributed by atoms with Gasteiger partial charge in [0.25, 0.3) is 0 Å². The molecule has 2 aliphatic heterocycles. The number of likely N-dealkylation sites (tertiary alicyclic amines) is 1. The average Bonchev–Trinajstić information content (AvgIpc) is 3.46. The number of amides is 1. The van der Waals surface area contributed by atoms with Crippen LogP contribution in [0.25, 0.3) is 0 Å². The summed E-state index contributed by atoms with van der Waals surface area (Å²) in [4.78, 5) is 41.8. The first-order valence-electron chi connectivity index (χ1n) is 14.0. The van der Waals surface area contributed by atoms with Crippen LogP contribution in [0.4, 0.5) is 23.1 Å². The zero-order valence-electron chi connectivity index (χ0n) is 23.1. The van der Waals surface area contributed by atoms with Crippen molar-refractivity contribution in [3.8, 4) is 5.75 Å². The Balaban J connectivity index is 1.38. The SMILES string of the molecule is CC[C@@H]1C(=O)N(C)c2cnc(Nc3ccc(C(=O)CC4CCN(C)CC4)cc3OC)nc2N1C1CCCC1. The van der Waals surface area contributed by atoms with E-state index in [4.69, 9.17) is 9.72 Å². The molecule has 204 valence electrons. The molecule has 3 aliphatic rings. The smallest absolute Gasteiger partial charge is 0.249 e. The van der Waals surface area contributed by atoms with Crippen molar-refractivity contribution >= 4 is 34.8 Å². The van der Waals surface area contributed by atoms with Gasteiger partial charge in [0, 0.05) is 25.1 Å². The molecule has 3 heterocycles. The second-order valence-corrected chi connectivity index (χ2v) is 11.0. The highest BCUT2D eigenvalue weighted by molar-refractivity contribution is 6.04. The molecular formula is C29H40N6O3. The Morgan fingerprint density at radius 1 is 1.13 bits per heavy atom. The highest BCUT2D eigenvalue weighted by atomic mass is 16.5. The first-order chi connectivity index (χ1) is 18.4. The normalized spacial score (nSPS) is 21.1. The Morgan fingerprint density at radius 2 is 1.87 bits per heavy atom. The van der Waals surface area contributed by atoms with Gasteiger partial charge in [0.1, 0.15) is 17.5 Å². The minimum absolute atomic E-state index is 0.0957. The lowest BCUT2D eigenvalue weighted by molar-refractivity contribution is -0.120. The molecule has 2 fully saturated rings. The van der Waals surface area contributed by atoms with Crippen LogP contribution in [-0.2, 0) is 4.79 Å². The molecule has 1 saturated heterocycles. The van der Waals surface area contributed by atoms with Crippen molar-refractivity contribution in [2.24, 2.45) is 5.92 Å². The number of likely N-dealkylation sites (N-methyl/N-ethyl adjacent to an activating group) is 1. The maximum atomic E-state index is 13.1. The number of piperidine rings is 1. The van der Waals surface area contributed by atoms with Crippen LogP contribution in [0.2, 0.25) is 0 Å². The van der Waals surface area contributed by atoms with Gasteiger partial charge < -0.3 is 24.8 Å². The second kappa shape index (κ2) is 11.3. The summed E-state index contributed by atoms with van der Waals surface area (Å²) in [5.74, 6) is 2.50. The second-order valence-electron chi connectivity index (χ2n) is 11.0. The Morgan fingerprint density at radius 3 is 2.55 bits per heavy atom. The van der Waals surface area contributed by atoms with E-state index in [9.17, 15) is 9.59 Å². The zero-order valence-corrected chi connectivity index (χ0v) is 23.1. The van der Waals surface area contributed by atoms with Gasteiger partial charge >= 0.3 is 0 Å². The number of nitrogens with zero attached hydrogens (tertiary/aromatic N) is 5. The summed E-state index contributed by atoms with van der Waals surface area (Å²) in [5, 5.41) is 3.30. The van der Waals surface area contributed by atoms with E-state index in [1.54, 1.807) is 25.3 Å². The third kappa shape index (κ3) is 5.21. The molecule has 1 amide bonds. The number of rotatable bonds is 8. The first kappa shape index (κ1) is 26.4. The number of aromatic nitrogens is 2. The monoisotopic (exact) mass is 520 g/mol. The molecule has 1 N–H and O–H groups in total. The molecule has 38 heavy (non-hydrogen) atoms. The number of benzene rings is 1.